The van der Waals surface area contributed by atoms with Crippen molar-refractivity contribution in [2.24, 2.45) is 5.92 Å². The summed E-state index contributed by atoms with van der Waals surface area (Å²) in [5.41, 5.74) is 0. The first-order valence-electron chi connectivity index (χ1n) is 5.34. The van der Waals surface area contributed by atoms with Crippen LogP contribution in [0, 0.1) is 5.92 Å². The quantitative estimate of drug-likeness (QED) is 0.607. The smallest absolute Gasteiger partial charge is 0.0598 e. The summed E-state index contributed by atoms with van der Waals surface area (Å²) in [6, 6.07) is 0. The SMILES string of the molecule is CCC[C@@H](OCCN(C)C)C(C)C. The monoisotopic (exact) mass is 187 g/mol. The van der Waals surface area contributed by atoms with Crippen molar-refractivity contribution in [2.45, 2.75) is 39.7 Å². The Balaban J connectivity index is 3.57. The summed E-state index contributed by atoms with van der Waals surface area (Å²) in [6.07, 6.45) is 2.85. The first-order chi connectivity index (χ1) is 6.07. The van der Waals surface area contributed by atoms with Gasteiger partial charge in [-0.05, 0) is 26.4 Å². The molecule has 0 N–H and O–H groups in total. The summed E-state index contributed by atoms with van der Waals surface area (Å²) in [4.78, 5) is 2.16. The minimum absolute atomic E-state index is 0.449. The van der Waals surface area contributed by atoms with E-state index in [9.17, 15) is 0 Å². The standard InChI is InChI=1S/C11H25NO/c1-6-7-11(10(2)3)13-9-8-12(4)5/h10-11H,6-9H2,1-5H3/t11-/m1/s1. The Labute approximate surface area is 83.3 Å². The third kappa shape index (κ3) is 7.03. The molecular weight excluding hydrogens is 162 g/mol. The molecule has 0 aromatic carbocycles. The summed E-state index contributed by atoms with van der Waals surface area (Å²) in [5.74, 6) is 0.641. The second kappa shape index (κ2) is 7.34. The number of nitrogens with zero attached hydrogens (tertiary/aromatic N) is 1. The maximum absolute atomic E-state index is 5.81. The molecule has 1 atom stereocenters. The summed E-state index contributed by atoms with van der Waals surface area (Å²) in [6.45, 7) is 8.56. The first kappa shape index (κ1) is 12.9. The van der Waals surface area contributed by atoms with Gasteiger partial charge in [-0.2, -0.15) is 0 Å². The average molecular weight is 187 g/mol. The van der Waals surface area contributed by atoms with Gasteiger partial charge in [0.05, 0.1) is 12.7 Å². The van der Waals surface area contributed by atoms with Crippen molar-refractivity contribution in [2.75, 3.05) is 27.2 Å². The minimum atomic E-state index is 0.449. The van der Waals surface area contributed by atoms with Crippen LogP contribution in [0.1, 0.15) is 33.6 Å². The minimum Gasteiger partial charge on any atom is -0.377 e. The molecule has 0 aliphatic rings. The Morgan fingerprint density at radius 3 is 2.23 bits per heavy atom. The van der Waals surface area contributed by atoms with Gasteiger partial charge in [0.25, 0.3) is 0 Å². The summed E-state index contributed by atoms with van der Waals surface area (Å²) in [7, 11) is 4.15. The van der Waals surface area contributed by atoms with Crippen LogP contribution in [-0.2, 0) is 4.74 Å². The number of likely N-dealkylation sites (N-methyl/N-ethyl adjacent to an activating group) is 1. The van der Waals surface area contributed by atoms with E-state index in [1.54, 1.807) is 0 Å². The van der Waals surface area contributed by atoms with Gasteiger partial charge in [0, 0.05) is 6.54 Å². The van der Waals surface area contributed by atoms with E-state index >= 15 is 0 Å². The van der Waals surface area contributed by atoms with Crippen LogP contribution in [0.25, 0.3) is 0 Å². The Morgan fingerprint density at radius 2 is 1.85 bits per heavy atom. The third-order valence-electron chi connectivity index (χ3n) is 2.19. The third-order valence-corrected chi connectivity index (χ3v) is 2.19. The second-order valence-electron chi connectivity index (χ2n) is 4.25. The molecule has 80 valence electrons. The van der Waals surface area contributed by atoms with Crippen LogP contribution in [-0.4, -0.2) is 38.3 Å². The van der Waals surface area contributed by atoms with Crippen molar-refractivity contribution >= 4 is 0 Å². The van der Waals surface area contributed by atoms with E-state index < -0.39 is 0 Å². The van der Waals surface area contributed by atoms with Crippen LogP contribution in [0.4, 0.5) is 0 Å². The number of rotatable bonds is 7. The Kier molecular flexibility index (Phi) is 7.29. The summed E-state index contributed by atoms with van der Waals surface area (Å²) < 4.78 is 5.81. The van der Waals surface area contributed by atoms with E-state index in [0.29, 0.717) is 12.0 Å². The average Bonchev–Trinajstić information content (AvgIpc) is 2.02. The van der Waals surface area contributed by atoms with Crippen LogP contribution in [0.3, 0.4) is 0 Å². The van der Waals surface area contributed by atoms with Gasteiger partial charge in [-0.3, -0.25) is 0 Å². The highest BCUT2D eigenvalue weighted by Gasteiger charge is 2.12. The molecule has 0 radical (unpaired) electrons. The van der Waals surface area contributed by atoms with Crippen molar-refractivity contribution < 1.29 is 4.74 Å². The highest BCUT2D eigenvalue weighted by Crippen LogP contribution is 2.12. The van der Waals surface area contributed by atoms with Gasteiger partial charge >= 0.3 is 0 Å². The van der Waals surface area contributed by atoms with E-state index in [1.807, 2.05) is 0 Å². The van der Waals surface area contributed by atoms with Crippen molar-refractivity contribution in [3.05, 3.63) is 0 Å². The Morgan fingerprint density at radius 1 is 1.23 bits per heavy atom. The molecule has 0 aromatic rings. The normalized spacial score (nSPS) is 14.1. The van der Waals surface area contributed by atoms with Gasteiger partial charge in [0.2, 0.25) is 0 Å². The lowest BCUT2D eigenvalue weighted by atomic mass is 10.0. The molecule has 2 heteroatoms. The molecule has 0 saturated carbocycles. The number of ether oxygens (including phenoxy) is 1. The second-order valence-corrected chi connectivity index (χ2v) is 4.25. The number of hydrogen-bond acceptors (Lipinski definition) is 2. The topological polar surface area (TPSA) is 12.5 Å². The zero-order valence-corrected chi connectivity index (χ0v) is 9.84. The number of hydrogen-bond donors (Lipinski definition) is 0. The molecule has 0 unspecified atom stereocenters. The molecule has 0 bridgehead atoms. The molecule has 13 heavy (non-hydrogen) atoms. The molecule has 0 fully saturated rings. The molecule has 0 amide bonds. The van der Waals surface area contributed by atoms with Gasteiger partial charge in [-0.15, -0.1) is 0 Å². The molecule has 2 nitrogen and oxygen atoms in total. The van der Waals surface area contributed by atoms with E-state index in [0.717, 1.165) is 13.2 Å². The van der Waals surface area contributed by atoms with E-state index in [-0.39, 0.29) is 0 Å². The highest BCUT2D eigenvalue weighted by atomic mass is 16.5. The van der Waals surface area contributed by atoms with Crippen molar-refractivity contribution in [1.82, 2.24) is 4.90 Å². The predicted molar refractivity (Wildman–Crippen MR) is 58.0 cm³/mol. The highest BCUT2D eigenvalue weighted by molar-refractivity contribution is 4.61. The summed E-state index contributed by atoms with van der Waals surface area (Å²) in [5, 5.41) is 0. The molecule has 0 saturated heterocycles. The van der Waals surface area contributed by atoms with Crippen LogP contribution < -0.4 is 0 Å². The first-order valence-corrected chi connectivity index (χ1v) is 5.34. The summed E-state index contributed by atoms with van der Waals surface area (Å²) >= 11 is 0. The maximum atomic E-state index is 5.81. The van der Waals surface area contributed by atoms with Gasteiger partial charge in [-0.1, -0.05) is 27.2 Å². The zero-order chi connectivity index (χ0) is 10.3. The van der Waals surface area contributed by atoms with E-state index in [1.165, 1.54) is 12.8 Å². The fourth-order valence-electron chi connectivity index (χ4n) is 1.28. The van der Waals surface area contributed by atoms with E-state index in [4.69, 9.17) is 4.74 Å². The van der Waals surface area contributed by atoms with Crippen molar-refractivity contribution in [3.63, 3.8) is 0 Å². The molecule has 0 aliphatic carbocycles. The van der Waals surface area contributed by atoms with Crippen molar-refractivity contribution in [1.29, 1.82) is 0 Å². The van der Waals surface area contributed by atoms with Crippen LogP contribution in [0.5, 0.6) is 0 Å². The van der Waals surface area contributed by atoms with Crippen LogP contribution in [0.15, 0.2) is 0 Å². The molecule has 0 spiro atoms. The molecular formula is C11H25NO. The zero-order valence-electron chi connectivity index (χ0n) is 9.84. The lowest BCUT2D eigenvalue weighted by molar-refractivity contribution is 0.00994. The van der Waals surface area contributed by atoms with Gasteiger partial charge < -0.3 is 9.64 Å². The molecule has 0 aromatic heterocycles. The lowest BCUT2D eigenvalue weighted by Gasteiger charge is -2.22. The Bertz CT molecular complexity index is 113. The van der Waals surface area contributed by atoms with E-state index in [2.05, 4.69) is 39.8 Å². The lowest BCUT2D eigenvalue weighted by Crippen LogP contribution is -2.25. The van der Waals surface area contributed by atoms with Gasteiger partial charge in [-0.25, -0.2) is 0 Å². The fourth-order valence-corrected chi connectivity index (χ4v) is 1.28. The van der Waals surface area contributed by atoms with Crippen LogP contribution >= 0.6 is 0 Å². The van der Waals surface area contributed by atoms with Gasteiger partial charge in [0.15, 0.2) is 0 Å². The molecule has 0 heterocycles. The Hall–Kier alpha value is -0.0800. The van der Waals surface area contributed by atoms with Gasteiger partial charge in [0.1, 0.15) is 0 Å². The molecule has 0 rings (SSSR count). The fraction of sp³-hybridized carbons (Fsp3) is 1.00. The molecule has 0 aliphatic heterocycles. The largest absolute Gasteiger partial charge is 0.377 e. The maximum Gasteiger partial charge on any atom is 0.0598 e. The van der Waals surface area contributed by atoms with Crippen LogP contribution in [0.2, 0.25) is 0 Å². The van der Waals surface area contributed by atoms with Crippen molar-refractivity contribution in [3.8, 4) is 0 Å². The predicted octanol–water partition coefficient (Wildman–Crippen LogP) is 2.39.